The van der Waals surface area contributed by atoms with Crippen LogP contribution in [0.4, 0.5) is 0 Å². The van der Waals surface area contributed by atoms with E-state index >= 15 is 0 Å². The van der Waals surface area contributed by atoms with Crippen LogP contribution in [0, 0.1) is 20.8 Å². The molecule has 0 heterocycles. The van der Waals surface area contributed by atoms with Crippen LogP contribution in [-0.2, 0) is 52.8 Å². The summed E-state index contributed by atoms with van der Waals surface area (Å²) < 4.78 is 0. The molecular formula is C6H18IrNY. The summed E-state index contributed by atoms with van der Waals surface area (Å²) in [6.07, 6.45) is 0. The number of hydrogen-bond donors (Lipinski definition) is 0. The molecule has 9 heavy (non-hydrogen) atoms. The standard InChI is InChI=1S/C4H10.2CH3.Ir.H2N.Y/c1-4(2)3;;;;;/h4H,1-3H3;2*1H3;;1H2;/q;2*-1;+3;-1;. The van der Waals surface area contributed by atoms with Gasteiger partial charge in [-0.1, -0.05) is 20.8 Å². The Labute approximate surface area is 99.6 Å². The maximum Gasteiger partial charge on any atom is 3.00 e. The van der Waals surface area contributed by atoms with E-state index in [1.807, 2.05) is 0 Å². The number of rotatable bonds is 0. The SMILES string of the molecule is CC(C)C.[CH3-].[CH3-].[Ir+3].[NH2-].[Y]. The van der Waals surface area contributed by atoms with Crippen molar-refractivity contribution in [1.29, 1.82) is 0 Å². The van der Waals surface area contributed by atoms with Gasteiger partial charge < -0.3 is 21.0 Å². The second kappa shape index (κ2) is 33.2. The summed E-state index contributed by atoms with van der Waals surface area (Å²) in [5.41, 5.74) is 0. The summed E-state index contributed by atoms with van der Waals surface area (Å²) in [6.45, 7) is 6.50. The molecule has 0 aromatic carbocycles. The van der Waals surface area contributed by atoms with Crippen molar-refractivity contribution >= 4 is 0 Å². The van der Waals surface area contributed by atoms with Crippen molar-refractivity contribution in [3.63, 3.8) is 0 Å². The van der Waals surface area contributed by atoms with E-state index in [0.29, 0.717) is 0 Å². The van der Waals surface area contributed by atoms with E-state index in [4.69, 9.17) is 0 Å². The van der Waals surface area contributed by atoms with Gasteiger partial charge in [0.05, 0.1) is 0 Å². The summed E-state index contributed by atoms with van der Waals surface area (Å²) in [5, 5.41) is 0. The minimum absolute atomic E-state index is 0. The average Bonchev–Trinajstić information content (AvgIpc) is 0.811. The summed E-state index contributed by atoms with van der Waals surface area (Å²) >= 11 is 0. The molecule has 2 N–H and O–H groups in total. The van der Waals surface area contributed by atoms with E-state index in [-0.39, 0.29) is 73.8 Å². The maximum absolute atomic E-state index is 2.17. The molecule has 0 unspecified atom stereocenters. The van der Waals surface area contributed by atoms with Gasteiger partial charge in [0.2, 0.25) is 0 Å². The number of nitrogens with two attached hydrogens (primary N) is 1. The predicted molar refractivity (Wildman–Crippen MR) is 38.6 cm³/mol. The van der Waals surface area contributed by atoms with Gasteiger partial charge in [0.25, 0.3) is 0 Å². The third-order valence-electron chi connectivity index (χ3n) is 0. The average molecular weight is 385 g/mol. The zero-order chi connectivity index (χ0) is 3.58. The van der Waals surface area contributed by atoms with Crippen molar-refractivity contribution in [2.24, 2.45) is 5.92 Å². The first-order chi connectivity index (χ1) is 1.73. The largest absolute Gasteiger partial charge is 3.00 e. The van der Waals surface area contributed by atoms with Crippen molar-refractivity contribution < 1.29 is 52.8 Å². The van der Waals surface area contributed by atoms with Crippen LogP contribution in [0.5, 0.6) is 0 Å². The summed E-state index contributed by atoms with van der Waals surface area (Å²) in [5.74, 6) is 0.833. The molecule has 0 saturated carbocycles. The van der Waals surface area contributed by atoms with Crippen LogP contribution in [0.15, 0.2) is 0 Å². The second-order valence-electron chi connectivity index (χ2n) is 1.73. The third-order valence-corrected chi connectivity index (χ3v) is 0. The molecule has 59 valence electrons. The van der Waals surface area contributed by atoms with Crippen LogP contribution in [0.2, 0.25) is 0 Å². The molecule has 0 bridgehead atoms. The predicted octanol–water partition coefficient (Wildman–Crippen LogP) is 3.27. The normalized spacial score (nSPS) is 4.00. The Morgan fingerprint density at radius 1 is 0.889 bits per heavy atom. The van der Waals surface area contributed by atoms with Crippen LogP contribution < -0.4 is 0 Å². The van der Waals surface area contributed by atoms with Crippen molar-refractivity contribution in [3.05, 3.63) is 21.0 Å². The summed E-state index contributed by atoms with van der Waals surface area (Å²) in [7, 11) is 0. The fourth-order valence-corrected chi connectivity index (χ4v) is 0. The quantitative estimate of drug-likeness (QED) is 0.574. The number of hydrogen-bond acceptors (Lipinski definition) is 0. The van der Waals surface area contributed by atoms with Gasteiger partial charge in [-0.3, -0.25) is 0 Å². The van der Waals surface area contributed by atoms with E-state index in [9.17, 15) is 0 Å². The first kappa shape index (κ1) is 45.5. The van der Waals surface area contributed by atoms with Crippen molar-refractivity contribution in [2.75, 3.05) is 0 Å². The Morgan fingerprint density at radius 2 is 0.889 bits per heavy atom. The van der Waals surface area contributed by atoms with Crippen molar-refractivity contribution in [2.45, 2.75) is 20.8 Å². The first-order valence-corrected chi connectivity index (χ1v) is 1.73. The molecule has 1 nitrogen and oxygen atoms in total. The third kappa shape index (κ3) is 197. The van der Waals surface area contributed by atoms with E-state index in [2.05, 4.69) is 20.8 Å². The fourth-order valence-electron chi connectivity index (χ4n) is 0. The van der Waals surface area contributed by atoms with Gasteiger partial charge in [0.1, 0.15) is 0 Å². The van der Waals surface area contributed by atoms with Gasteiger partial charge in [-0.25, -0.2) is 0 Å². The van der Waals surface area contributed by atoms with E-state index in [0.717, 1.165) is 5.92 Å². The minimum Gasteiger partial charge on any atom is -0.693 e. The van der Waals surface area contributed by atoms with Crippen LogP contribution in [-0.4, -0.2) is 0 Å². The first-order valence-electron chi connectivity index (χ1n) is 1.73. The van der Waals surface area contributed by atoms with E-state index in [1.54, 1.807) is 0 Å². The van der Waals surface area contributed by atoms with Gasteiger partial charge in [-0.2, -0.15) is 0 Å². The van der Waals surface area contributed by atoms with Gasteiger partial charge in [0, 0.05) is 32.7 Å². The molecule has 0 fully saturated rings. The van der Waals surface area contributed by atoms with Gasteiger partial charge >= 0.3 is 20.1 Å². The molecule has 0 rings (SSSR count). The van der Waals surface area contributed by atoms with Crippen LogP contribution in [0.25, 0.3) is 6.15 Å². The Bertz CT molecular complexity index is 17.8. The fraction of sp³-hybridized carbons (Fsp3) is 0.667. The summed E-state index contributed by atoms with van der Waals surface area (Å²) in [4.78, 5) is 0. The van der Waals surface area contributed by atoms with Crippen LogP contribution in [0.1, 0.15) is 20.8 Å². The molecule has 0 amide bonds. The molecule has 0 aliphatic heterocycles. The molecule has 0 saturated heterocycles. The molecule has 0 atom stereocenters. The van der Waals surface area contributed by atoms with Crippen LogP contribution in [0.3, 0.4) is 0 Å². The Balaban J connectivity index is -0.00000000450. The monoisotopic (exact) mass is 386 g/mol. The smallest absolute Gasteiger partial charge is 0.693 e. The van der Waals surface area contributed by atoms with Gasteiger partial charge in [-0.05, 0) is 5.92 Å². The second-order valence-corrected chi connectivity index (χ2v) is 1.73. The zero-order valence-electron chi connectivity index (χ0n) is 7.07. The molecule has 0 aromatic rings. The summed E-state index contributed by atoms with van der Waals surface area (Å²) in [6, 6.07) is 0. The molecule has 0 aliphatic carbocycles. The molecule has 0 aromatic heterocycles. The van der Waals surface area contributed by atoms with Gasteiger partial charge in [-0.15, -0.1) is 0 Å². The Hall–Kier alpha value is 1.71. The topological polar surface area (TPSA) is 33.5 Å². The van der Waals surface area contributed by atoms with Crippen molar-refractivity contribution in [1.82, 2.24) is 0 Å². The molecule has 0 spiro atoms. The van der Waals surface area contributed by atoms with Crippen molar-refractivity contribution in [3.8, 4) is 0 Å². The Morgan fingerprint density at radius 3 is 0.889 bits per heavy atom. The van der Waals surface area contributed by atoms with Gasteiger partial charge in [0.15, 0.2) is 0 Å². The molecular weight excluding hydrogens is 367 g/mol. The molecule has 0 aliphatic rings. The Kier molecular flexibility index (Phi) is 168. The molecule has 1 radical (unpaired) electrons. The van der Waals surface area contributed by atoms with E-state index < -0.39 is 0 Å². The maximum atomic E-state index is 2.17. The van der Waals surface area contributed by atoms with E-state index in [1.165, 1.54) is 0 Å². The zero-order valence-corrected chi connectivity index (χ0v) is 12.3. The minimum atomic E-state index is 0. The van der Waals surface area contributed by atoms with Crippen LogP contribution >= 0.6 is 0 Å². The molecule has 3 heteroatoms.